The van der Waals surface area contributed by atoms with Gasteiger partial charge in [-0.05, 0) is 36.2 Å². The Morgan fingerprint density at radius 3 is 2.85 bits per heavy atom. The first-order chi connectivity index (χ1) is 13.1. The number of thioether (sulfide) groups is 1. The Bertz CT molecular complexity index is 945. The molecule has 0 bridgehead atoms. The van der Waals surface area contributed by atoms with E-state index in [1.807, 2.05) is 31.2 Å². The fourth-order valence-corrected chi connectivity index (χ4v) is 3.22. The largest absolute Gasteiger partial charge is 0.496 e. The van der Waals surface area contributed by atoms with Crippen LogP contribution in [0, 0.1) is 0 Å². The number of methoxy groups -OCH3 is 1. The Labute approximate surface area is 166 Å². The van der Waals surface area contributed by atoms with Crippen LogP contribution >= 0.6 is 23.4 Å². The lowest BCUT2D eigenvalue weighted by atomic mass is 10.1. The van der Waals surface area contributed by atoms with Gasteiger partial charge >= 0.3 is 0 Å². The number of ether oxygens (including phenoxy) is 1. The SMILES string of the molecule is CCc1ccccc1NC(=O)CSc1nnc(-c2cc(Cl)ccc2OC)o1. The van der Waals surface area contributed by atoms with E-state index in [1.165, 1.54) is 11.8 Å². The minimum absolute atomic E-state index is 0.138. The molecule has 27 heavy (non-hydrogen) atoms. The third-order valence-electron chi connectivity index (χ3n) is 3.80. The summed E-state index contributed by atoms with van der Waals surface area (Å²) in [5.41, 5.74) is 2.51. The Kier molecular flexibility index (Phi) is 6.36. The molecule has 2 aromatic carbocycles. The van der Waals surface area contributed by atoms with Crippen molar-refractivity contribution in [3.05, 3.63) is 53.1 Å². The van der Waals surface area contributed by atoms with E-state index in [1.54, 1.807) is 25.3 Å². The Balaban J connectivity index is 1.65. The van der Waals surface area contributed by atoms with E-state index < -0.39 is 0 Å². The normalized spacial score (nSPS) is 10.6. The molecule has 0 atom stereocenters. The van der Waals surface area contributed by atoms with Crippen molar-refractivity contribution < 1.29 is 13.9 Å². The number of nitrogens with one attached hydrogen (secondary N) is 1. The molecule has 0 unspecified atom stereocenters. The number of halogens is 1. The van der Waals surface area contributed by atoms with Gasteiger partial charge in [-0.1, -0.05) is 48.5 Å². The third-order valence-corrected chi connectivity index (χ3v) is 4.85. The summed E-state index contributed by atoms with van der Waals surface area (Å²) in [6, 6.07) is 12.9. The van der Waals surface area contributed by atoms with Crippen LogP contribution in [0.2, 0.25) is 5.02 Å². The maximum Gasteiger partial charge on any atom is 0.277 e. The summed E-state index contributed by atoms with van der Waals surface area (Å²) < 4.78 is 10.9. The number of aromatic nitrogens is 2. The van der Waals surface area contributed by atoms with E-state index in [4.69, 9.17) is 20.8 Å². The molecule has 1 amide bonds. The van der Waals surface area contributed by atoms with Gasteiger partial charge in [-0.2, -0.15) is 0 Å². The third kappa shape index (κ3) is 4.81. The number of amides is 1. The van der Waals surface area contributed by atoms with Crippen LogP contribution in [0.3, 0.4) is 0 Å². The van der Waals surface area contributed by atoms with Crippen LogP contribution < -0.4 is 10.1 Å². The van der Waals surface area contributed by atoms with Crippen molar-refractivity contribution in [3.8, 4) is 17.2 Å². The average Bonchev–Trinajstić information content (AvgIpc) is 3.15. The maximum atomic E-state index is 12.2. The van der Waals surface area contributed by atoms with Gasteiger partial charge in [0.2, 0.25) is 5.91 Å². The van der Waals surface area contributed by atoms with Crippen LogP contribution in [-0.2, 0) is 11.2 Å². The summed E-state index contributed by atoms with van der Waals surface area (Å²) >= 11 is 7.20. The monoisotopic (exact) mass is 403 g/mol. The molecule has 3 aromatic rings. The van der Waals surface area contributed by atoms with Crippen molar-refractivity contribution in [1.29, 1.82) is 0 Å². The first-order valence-corrected chi connectivity index (χ1v) is 9.65. The van der Waals surface area contributed by atoms with Crippen molar-refractivity contribution in [3.63, 3.8) is 0 Å². The zero-order valence-electron chi connectivity index (χ0n) is 14.9. The number of hydrogen-bond acceptors (Lipinski definition) is 6. The molecule has 0 saturated heterocycles. The van der Waals surface area contributed by atoms with Crippen molar-refractivity contribution >= 4 is 35.0 Å². The summed E-state index contributed by atoms with van der Waals surface area (Å²) in [5, 5.41) is 11.7. The molecular formula is C19H18ClN3O3S. The summed E-state index contributed by atoms with van der Waals surface area (Å²) in [5.74, 6) is 0.884. The lowest BCUT2D eigenvalue weighted by Gasteiger charge is -2.08. The van der Waals surface area contributed by atoms with E-state index in [0.717, 1.165) is 17.7 Å². The molecule has 140 valence electrons. The van der Waals surface area contributed by atoms with E-state index in [9.17, 15) is 4.79 Å². The molecule has 1 N–H and O–H groups in total. The summed E-state index contributed by atoms with van der Waals surface area (Å²) in [6.45, 7) is 2.05. The van der Waals surface area contributed by atoms with E-state index in [-0.39, 0.29) is 17.6 Å². The molecule has 3 rings (SSSR count). The lowest BCUT2D eigenvalue weighted by Crippen LogP contribution is -2.15. The summed E-state index contributed by atoms with van der Waals surface area (Å²) in [7, 11) is 1.55. The molecule has 0 aliphatic rings. The van der Waals surface area contributed by atoms with E-state index >= 15 is 0 Å². The van der Waals surface area contributed by atoms with Gasteiger partial charge in [0.25, 0.3) is 11.1 Å². The fraction of sp³-hybridized carbons (Fsp3) is 0.211. The smallest absolute Gasteiger partial charge is 0.277 e. The minimum atomic E-state index is -0.138. The van der Waals surface area contributed by atoms with E-state index in [0.29, 0.717) is 21.6 Å². The minimum Gasteiger partial charge on any atom is -0.496 e. The second-order valence-electron chi connectivity index (χ2n) is 5.57. The van der Waals surface area contributed by atoms with Gasteiger partial charge in [-0.25, -0.2) is 0 Å². The Hall–Kier alpha value is -2.51. The zero-order chi connectivity index (χ0) is 19.2. The van der Waals surface area contributed by atoms with Gasteiger partial charge in [0.15, 0.2) is 0 Å². The van der Waals surface area contributed by atoms with Crippen LogP contribution in [0.1, 0.15) is 12.5 Å². The number of carbonyl (C=O) groups excluding carboxylic acids is 1. The molecule has 1 heterocycles. The molecule has 0 fully saturated rings. The number of para-hydroxylation sites is 1. The molecule has 0 radical (unpaired) electrons. The number of carbonyl (C=O) groups is 1. The maximum absolute atomic E-state index is 12.2. The first-order valence-electron chi connectivity index (χ1n) is 8.28. The van der Waals surface area contributed by atoms with Crippen LogP contribution in [-0.4, -0.2) is 29.0 Å². The number of anilines is 1. The van der Waals surface area contributed by atoms with Gasteiger partial charge in [-0.3, -0.25) is 4.79 Å². The van der Waals surface area contributed by atoms with Gasteiger partial charge in [0.1, 0.15) is 5.75 Å². The van der Waals surface area contributed by atoms with Crippen LogP contribution in [0.25, 0.3) is 11.5 Å². The standard InChI is InChI=1S/C19H18ClN3O3S/c1-3-12-6-4-5-7-15(12)21-17(24)11-27-19-23-22-18(26-19)14-10-13(20)8-9-16(14)25-2/h4-10H,3,11H2,1-2H3,(H,21,24). The number of rotatable bonds is 7. The van der Waals surface area contributed by atoms with Crippen LogP contribution in [0.4, 0.5) is 5.69 Å². The zero-order valence-corrected chi connectivity index (χ0v) is 16.4. The van der Waals surface area contributed by atoms with Gasteiger partial charge in [0, 0.05) is 10.7 Å². The fourth-order valence-electron chi connectivity index (χ4n) is 2.49. The first kappa shape index (κ1) is 19.3. The highest BCUT2D eigenvalue weighted by Crippen LogP contribution is 2.33. The Morgan fingerprint density at radius 2 is 2.07 bits per heavy atom. The number of hydrogen-bond donors (Lipinski definition) is 1. The molecule has 0 saturated carbocycles. The van der Waals surface area contributed by atoms with Crippen molar-refractivity contribution in [2.24, 2.45) is 0 Å². The van der Waals surface area contributed by atoms with E-state index in [2.05, 4.69) is 15.5 Å². The van der Waals surface area contributed by atoms with Crippen molar-refractivity contribution in [2.75, 3.05) is 18.2 Å². The van der Waals surface area contributed by atoms with Crippen LogP contribution in [0.15, 0.2) is 52.1 Å². The molecule has 6 nitrogen and oxygen atoms in total. The predicted molar refractivity (Wildman–Crippen MR) is 106 cm³/mol. The molecule has 0 aliphatic carbocycles. The van der Waals surface area contributed by atoms with Gasteiger partial charge < -0.3 is 14.5 Å². The Morgan fingerprint density at radius 1 is 1.26 bits per heavy atom. The van der Waals surface area contributed by atoms with Gasteiger partial charge in [0.05, 0.1) is 18.4 Å². The highest BCUT2D eigenvalue weighted by molar-refractivity contribution is 7.99. The number of nitrogens with zero attached hydrogens (tertiary/aromatic N) is 2. The second kappa shape index (κ2) is 8.92. The average molecular weight is 404 g/mol. The molecule has 1 aromatic heterocycles. The highest BCUT2D eigenvalue weighted by atomic mass is 35.5. The van der Waals surface area contributed by atoms with Crippen molar-refractivity contribution in [1.82, 2.24) is 10.2 Å². The topological polar surface area (TPSA) is 77.2 Å². The number of aryl methyl sites for hydroxylation is 1. The summed E-state index contributed by atoms with van der Waals surface area (Å²) in [4.78, 5) is 12.2. The van der Waals surface area contributed by atoms with Gasteiger partial charge in [-0.15, -0.1) is 10.2 Å². The van der Waals surface area contributed by atoms with Crippen molar-refractivity contribution in [2.45, 2.75) is 18.6 Å². The lowest BCUT2D eigenvalue weighted by molar-refractivity contribution is -0.113. The van der Waals surface area contributed by atoms with Crippen LogP contribution in [0.5, 0.6) is 5.75 Å². The molecule has 0 spiro atoms. The molecule has 0 aliphatic heterocycles. The molecular weight excluding hydrogens is 386 g/mol. The number of benzene rings is 2. The highest BCUT2D eigenvalue weighted by Gasteiger charge is 2.15. The predicted octanol–water partition coefficient (Wildman–Crippen LogP) is 4.69. The second-order valence-corrected chi connectivity index (χ2v) is 6.93. The summed E-state index contributed by atoms with van der Waals surface area (Å²) in [6.07, 6.45) is 0.845. The molecule has 8 heteroatoms. The quantitative estimate of drug-likeness (QED) is 0.576.